The molecule has 2 aromatic carbocycles. The standard InChI is InChI=1S/C22H22ClN3O4S/c1-2-30-19-9-11-20(12-10-19)31(28,29)21(16-4-3-13-24-14-16)15-25-22(27)26-18-7-5-17(23)6-8-18/h3-14,21H,2,15H2,1H3,(H2,25,26,27). The number of pyridine rings is 1. The van der Waals surface area contributed by atoms with E-state index in [9.17, 15) is 13.2 Å². The lowest BCUT2D eigenvalue weighted by atomic mass is 10.2. The van der Waals surface area contributed by atoms with E-state index in [4.69, 9.17) is 16.3 Å². The highest BCUT2D eigenvalue weighted by molar-refractivity contribution is 7.91. The highest BCUT2D eigenvalue weighted by Crippen LogP contribution is 2.29. The van der Waals surface area contributed by atoms with Crippen LogP contribution in [0.15, 0.2) is 78.0 Å². The molecule has 1 atom stereocenters. The lowest BCUT2D eigenvalue weighted by Gasteiger charge is -2.19. The van der Waals surface area contributed by atoms with Crippen LogP contribution in [0.25, 0.3) is 0 Å². The SMILES string of the molecule is CCOc1ccc(S(=O)(=O)C(CNC(=O)Nc2ccc(Cl)cc2)c2cccnc2)cc1. The van der Waals surface area contributed by atoms with E-state index in [1.54, 1.807) is 54.7 Å². The molecule has 2 amide bonds. The van der Waals surface area contributed by atoms with E-state index in [2.05, 4.69) is 15.6 Å². The molecular weight excluding hydrogens is 438 g/mol. The van der Waals surface area contributed by atoms with E-state index in [1.165, 1.54) is 18.3 Å². The molecule has 0 aliphatic rings. The maximum absolute atomic E-state index is 13.4. The summed E-state index contributed by atoms with van der Waals surface area (Å²) in [5, 5.41) is 4.82. The first kappa shape index (κ1) is 22.6. The van der Waals surface area contributed by atoms with Gasteiger partial charge in [-0.15, -0.1) is 0 Å². The zero-order chi connectivity index (χ0) is 22.3. The maximum Gasteiger partial charge on any atom is 0.319 e. The van der Waals surface area contributed by atoms with Gasteiger partial charge in [-0.25, -0.2) is 13.2 Å². The first-order valence-electron chi connectivity index (χ1n) is 9.57. The smallest absolute Gasteiger partial charge is 0.319 e. The first-order chi connectivity index (χ1) is 14.9. The number of aromatic nitrogens is 1. The number of halogens is 1. The molecule has 7 nitrogen and oxygen atoms in total. The highest BCUT2D eigenvalue weighted by Gasteiger charge is 2.30. The molecule has 1 aromatic heterocycles. The lowest BCUT2D eigenvalue weighted by Crippen LogP contribution is -2.35. The van der Waals surface area contributed by atoms with E-state index < -0.39 is 21.1 Å². The van der Waals surface area contributed by atoms with E-state index in [0.717, 1.165) is 0 Å². The van der Waals surface area contributed by atoms with Gasteiger partial charge in [-0.3, -0.25) is 4.98 Å². The first-order valence-corrected chi connectivity index (χ1v) is 11.5. The van der Waals surface area contributed by atoms with Crippen LogP contribution in [0.2, 0.25) is 5.02 Å². The fraction of sp³-hybridized carbons (Fsp3) is 0.182. The van der Waals surface area contributed by atoms with E-state index >= 15 is 0 Å². The molecule has 0 aliphatic carbocycles. The number of nitrogens with one attached hydrogen (secondary N) is 2. The molecule has 3 aromatic rings. The predicted molar refractivity (Wildman–Crippen MR) is 120 cm³/mol. The van der Waals surface area contributed by atoms with Crippen molar-refractivity contribution in [1.29, 1.82) is 0 Å². The molecule has 1 heterocycles. The molecule has 9 heteroatoms. The zero-order valence-electron chi connectivity index (χ0n) is 16.8. The number of carbonyl (C=O) groups is 1. The van der Waals surface area contributed by atoms with Crippen molar-refractivity contribution >= 4 is 33.2 Å². The normalized spacial score (nSPS) is 12.1. The van der Waals surface area contributed by atoms with Gasteiger partial charge in [-0.1, -0.05) is 17.7 Å². The van der Waals surface area contributed by atoms with Crippen LogP contribution in [0.1, 0.15) is 17.7 Å². The molecule has 0 bridgehead atoms. The number of nitrogens with zero attached hydrogens (tertiary/aromatic N) is 1. The van der Waals surface area contributed by atoms with Crippen LogP contribution in [-0.2, 0) is 9.84 Å². The number of amides is 2. The van der Waals surface area contributed by atoms with Crippen molar-refractivity contribution in [2.24, 2.45) is 0 Å². The number of ether oxygens (including phenoxy) is 1. The van der Waals surface area contributed by atoms with Crippen molar-refractivity contribution in [2.75, 3.05) is 18.5 Å². The zero-order valence-corrected chi connectivity index (χ0v) is 18.4. The van der Waals surface area contributed by atoms with Crippen LogP contribution in [-0.4, -0.2) is 32.6 Å². The molecule has 0 saturated heterocycles. The van der Waals surface area contributed by atoms with Gasteiger partial charge < -0.3 is 15.4 Å². The van der Waals surface area contributed by atoms with Crippen molar-refractivity contribution in [3.05, 3.63) is 83.6 Å². The van der Waals surface area contributed by atoms with Crippen LogP contribution in [0.3, 0.4) is 0 Å². The molecular formula is C22H22ClN3O4S. The molecule has 2 N–H and O–H groups in total. The summed E-state index contributed by atoms with van der Waals surface area (Å²) in [7, 11) is -3.82. The Kier molecular flexibility index (Phi) is 7.49. The Labute approximate surface area is 186 Å². The third-order valence-corrected chi connectivity index (χ3v) is 6.81. The summed E-state index contributed by atoms with van der Waals surface area (Å²) < 4.78 is 32.1. The average Bonchev–Trinajstić information content (AvgIpc) is 2.77. The minimum absolute atomic E-state index is 0.129. The topological polar surface area (TPSA) is 97.4 Å². The van der Waals surface area contributed by atoms with E-state index in [-0.39, 0.29) is 11.4 Å². The summed E-state index contributed by atoms with van der Waals surface area (Å²) in [5.41, 5.74) is 1.01. The fourth-order valence-corrected chi connectivity index (χ4v) is 4.69. The number of hydrogen-bond acceptors (Lipinski definition) is 5. The number of urea groups is 1. The fourth-order valence-electron chi connectivity index (χ4n) is 2.92. The quantitative estimate of drug-likeness (QED) is 0.518. The van der Waals surface area contributed by atoms with Crippen LogP contribution < -0.4 is 15.4 Å². The minimum Gasteiger partial charge on any atom is -0.494 e. The van der Waals surface area contributed by atoms with Crippen molar-refractivity contribution in [1.82, 2.24) is 10.3 Å². The Bertz CT molecular complexity index is 1110. The van der Waals surface area contributed by atoms with Crippen molar-refractivity contribution in [2.45, 2.75) is 17.1 Å². The Balaban J connectivity index is 1.79. The molecule has 1 unspecified atom stereocenters. The van der Waals surface area contributed by atoms with Crippen molar-refractivity contribution in [3.8, 4) is 5.75 Å². The summed E-state index contributed by atoms with van der Waals surface area (Å²) in [6, 6.07) is 15.6. The predicted octanol–water partition coefficient (Wildman–Crippen LogP) is 4.47. The lowest BCUT2D eigenvalue weighted by molar-refractivity contribution is 0.252. The second-order valence-electron chi connectivity index (χ2n) is 6.57. The van der Waals surface area contributed by atoms with E-state index in [1.807, 2.05) is 6.92 Å². The Morgan fingerprint density at radius 3 is 2.42 bits per heavy atom. The van der Waals surface area contributed by atoms with Gasteiger partial charge in [0.05, 0.1) is 11.5 Å². The molecule has 0 spiro atoms. The molecule has 0 saturated carbocycles. The Hall–Kier alpha value is -3.10. The number of sulfone groups is 1. The number of rotatable bonds is 8. The monoisotopic (exact) mass is 459 g/mol. The number of benzene rings is 2. The van der Waals surface area contributed by atoms with Crippen LogP contribution in [0.5, 0.6) is 5.75 Å². The van der Waals surface area contributed by atoms with Gasteiger partial charge in [0.25, 0.3) is 0 Å². The van der Waals surface area contributed by atoms with Gasteiger partial charge >= 0.3 is 6.03 Å². The molecule has 0 fully saturated rings. The molecule has 0 radical (unpaired) electrons. The second-order valence-corrected chi connectivity index (χ2v) is 9.13. The number of hydrogen-bond donors (Lipinski definition) is 2. The Morgan fingerprint density at radius 1 is 1.10 bits per heavy atom. The highest BCUT2D eigenvalue weighted by atomic mass is 35.5. The van der Waals surface area contributed by atoms with E-state index in [0.29, 0.717) is 28.6 Å². The van der Waals surface area contributed by atoms with Gasteiger partial charge in [0.1, 0.15) is 11.0 Å². The molecule has 162 valence electrons. The molecule has 0 aliphatic heterocycles. The largest absolute Gasteiger partial charge is 0.494 e. The Morgan fingerprint density at radius 2 is 1.81 bits per heavy atom. The summed E-state index contributed by atoms with van der Waals surface area (Å²) in [6.07, 6.45) is 3.04. The minimum atomic E-state index is -3.82. The van der Waals surface area contributed by atoms with Gasteiger partial charge in [0, 0.05) is 29.6 Å². The summed E-state index contributed by atoms with van der Waals surface area (Å²) in [6.45, 7) is 2.20. The van der Waals surface area contributed by atoms with Gasteiger partial charge in [-0.2, -0.15) is 0 Å². The molecule has 31 heavy (non-hydrogen) atoms. The van der Waals surface area contributed by atoms with Crippen LogP contribution in [0, 0.1) is 0 Å². The third-order valence-electron chi connectivity index (χ3n) is 4.44. The maximum atomic E-state index is 13.4. The van der Waals surface area contributed by atoms with Gasteiger partial charge in [0.2, 0.25) is 0 Å². The summed E-state index contributed by atoms with van der Waals surface area (Å²) in [4.78, 5) is 16.5. The molecule has 3 rings (SSSR count). The second kappa shape index (κ2) is 10.3. The average molecular weight is 460 g/mol. The van der Waals surface area contributed by atoms with Gasteiger partial charge in [0.15, 0.2) is 9.84 Å². The van der Waals surface area contributed by atoms with Crippen LogP contribution >= 0.6 is 11.6 Å². The van der Waals surface area contributed by atoms with Crippen molar-refractivity contribution in [3.63, 3.8) is 0 Å². The summed E-state index contributed by atoms with van der Waals surface area (Å²) in [5.74, 6) is 0.583. The number of anilines is 1. The van der Waals surface area contributed by atoms with Crippen LogP contribution in [0.4, 0.5) is 10.5 Å². The summed E-state index contributed by atoms with van der Waals surface area (Å²) >= 11 is 5.85. The number of carbonyl (C=O) groups excluding carboxylic acids is 1. The third kappa shape index (κ3) is 5.96. The van der Waals surface area contributed by atoms with Gasteiger partial charge in [-0.05, 0) is 67.1 Å². The van der Waals surface area contributed by atoms with Crippen molar-refractivity contribution < 1.29 is 17.9 Å².